The molecule has 0 aromatic heterocycles. The number of piperazine rings is 1. The van der Waals surface area contributed by atoms with Crippen LogP contribution in [0.5, 0.6) is 5.75 Å². The highest BCUT2D eigenvalue weighted by atomic mass is 35.5. The van der Waals surface area contributed by atoms with Crippen molar-refractivity contribution in [1.29, 1.82) is 0 Å². The average molecular weight is 450 g/mol. The van der Waals surface area contributed by atoms with Crippen molar-refractivity contribution in [3.8, 4) is 5.75 Å². The smallest absolute Gasteiger partial charge is 0.262 e. The van der Waals surface area contributed by atoms with Crippen LogP contribution in [0.3, 0.4) is 0 Å². The lowest BCUT2D eigenvalue weighted by Crippen LogP contribution is -2.48. The number of carbonyl (C=O) groups excluding carboxylic acids is 2. The predicted molar refractivity (Wildman–Crippen MR) is 121 cm³/mol. The van der Waals surface area contributed by atoms with Gasteiger partial charge in [0.15, 0.2) is 6.61 Å². The fourth-order valence-electron chi connectivity index (χ4n) is 3.59. The maximum atomic E-state index is 12.6. The van der Waals surface area contributed by atoms with Gasteiger partial charge in [0.1, 0.15) is 5.75 Å². The van der Waals surface area contributed by atoms with Crippen LogP contribution in [0.2, 0.25) is 10.0 Å². The monoisotopic (exact) mass is 449 g/mol. The molecule has 2 amide bonds. The highest BCUT2D eigenvalue weighted by Crippen LogP contribution is 2.35. The molecule has 0 atom stereocenters. The van der Waals surface area contributed by atoms with Crippen molar-refractivity contribution in [2.45, 2.75) is 20.8 Å². The molecule has 0 saturated carbocycles. The lowest BCUT2D eigenvalue weighted by molar-refractivity contribution is -0.129. The number of carbonyl (C=O) groups is 2. The molecule has 30 heavy (non-hydrogen) atoms. The summed E-state index contributed by atoms with van der Waals surface area (Å²) in [7, 11) is 0. The fourth-order valence-corrected chi connectivity index (χ4v) is 4.26. The Labute approximate surface area is 186 Å². The second-order valence-electron chi connectivity index (χ2n) is 7.36. The van der Waals surface area contributed by atoms with Crippen LogP contribution in [0.15, 0.2) is 30.3 Å². The fraction of sp³-hybridized carbons (Fsp3) is 0.364. The largest absolute Gasteiger partial charge is 0.482 e. The molecular formula is C22H25Cl2N3O3. The Balaban J connectivity index is 1.69. The number of rotatable bonds is 5. The second kappa shape index (κ2) is 9.58. The molecule has 1 heterocycles. The van der Waals surface area contributed by atoms with Gasteiger partial charge in [-0.05, 0) is 43.2 Å². The van der Waals surface area contributed by atoms with Crippen LogP contribution < -0.4 is 15.0 Å². The Morgan fingerprint density at radius 2 is 1.77 bits per heavy atom. The predicted octanol–water partition coefficient (Wildman–Crippen LogP) is 4.30. The third-order valence-electron chi connectivity index (χ3n) is 5.02. The van der Waals surface area contributed by atoms with E-state index in [-0.39, 0.29) is 18.4 Å². The van der Waals surface area contributed by atoms with Gasteiger partial charge in [-0.15, -0.1) is 0 Å². The van der Waals surface area contributed by atoms with E-state index >= 15 is 0 Å². The molecule has 3 rings (SSSR count). The summed E-state index contributed by atoms with van der Waals surface area (Å²) in [6, 6.07) is 9.14. The summed E-state index contributed by atoms with van der Waals surface area (Å²) in [5.74, 6) is 0.255. The molecule has 0 spiro atoms. The van der Waals surface area contributed by atoms with Crippen molar-refractivity contribution in [2.24, 2.45) is 0 Å². The number of ether oxygens (including phenoxy) is 1. The minimum atomic E-state index is -0.308. The van der Waals surface area contributed by atoms with Crippen molar-refractivity contribution in [3.63, 3.8) is 0 Å². The summed E-state index contributed by atoms with van der Waals surface area (Å²) in [6.45, 7) is 7.74. The lowest BCUT2D eigenvalue weighted by Gasteiger charge is -2.36. The molecule has 0 radical (unpaired) electrons. The Morgan fingerprint density at radius 1 is 1.07 bits per heavy atom. The number of aryl methyl sites for hydroxylation is 2. The van der Waals surface area contributed by atoms with Crippen molar-refractivity contribution >= 4 is 46.4 Å². The minimum Gasteiger partial charge on any atom is -0.482 e. The first kappa shape index (κ1) is 22.2. The van der Waals surface area contributed by atoms with E-state index in [1.54, 1.807) is 36.1 Å². The zero-order chi connectivity index (χ0) is 21.8. The van der Waals surface area contributed by atoms with Gasteiger partial charge in [0.05, 0.1) is 21.4 Å². The van der Waals surface area contributed by atoms with Crippen molar-refractivity contribution in [1.82, 2.24) is 4.90 Å². The summed E-state index contributed by atoms with van der Waals surface area (Å²) < 4.78 is 5.68. The van der Waals surface area contributed by atoms with Crippen LogP contribution in [0, 0.1) is 13.8 Å². The Kier molecular flexibility index (Phi) is 7.10. The highest BCUT2D eigenvalue weighted by molar-refractivity contribution is 6.34. The number of anilines is 2. The van der Waals surface area contributed by atoms with Gasteiger partial charge in [-0.1, -0.05) is 35.3 Å². The second-order valence-corrected chi connectivity index (χ2v) is 8.17. The van der Waals surface area contributed by atoms with E-state index in [0.717, 1.165) is 16.8 Å². The van der Waals surface area contributed by atoms with E-state index < -0.39 is 0 Å². The van der Waals surface area contributed by atoms with Gasteiger partial charge in [0, 0.05) is 33.1 Å². The van der Waals surface area contributed by atoms with Gasteiger partial charge in [-0.3, -0.25) is 9.59 Å². The summed E-state index contributed by atoms with van der Waals surface area (Å²) in [6.07, 6.45) is 0. The summed E-state index contributed by atoms with van der Waals surface area (Å²) >= 11 is 12.7. The van der Waals surface area contributed by atoms with Gasteiger partial charge in [0.2, 0.25) is 5.91 Å². The third kappa shape index (κ3) is 5.18. The number of para-hydroxylation sites is 1. The van der Waals surface area contributed by atoms with Gasteiger partial charge >= 0.3 is 0 Å². The minimum absolute atomic E-state index is 0.0598. The van der Waals surface area contributed by atoms with E-state index in [4.69, 9.17) is 27.9 Å². The summed E-state index contributed by atoms with van der Waals surface area (Å²) in [4.78, 5) is 28.0. The molecule has 2 aromatic rings. The number of halogens is 2. The molecule has 0 aliphatic carbocycles. The van der Waals surface area contributed by atoms with Crippen LogP contribution in [0.4, 0.5) is 11.4 Å². The first-order valence-electron chi connectivity index (χ1n) is 9.74. The van der Waals surface area contributed by atoms with E-state index in [1.165, 1.54) is 0 Å². The number of nitrogens with zero attached hydrogens (tertiary/aromatic N) is 2. The third-order valence-corrected chi connectivity index (χ3v) is 5.61. The van der Waals surface area contributed by atoms with Crippen LogP contribution in [-0.2, 0) is 9.59 Å². The molecule has 8 heteroatoms. The first-order chi connectivity index (χ1) is 14.3. The van der Waals surface area contributed by atoms with Crippen LogP contribution >= 0.6 is 23.2 Å². The highest BCUT2D eigenvalue weighted by Gasteiger charge is 2.23. The van der Waals surface area contributed by atoms with Gasteiger partial charge < -0.3 is 19.9 Å². The molecule has 1 N–H and O–H groups in total. The molecule has 1 fully saturated rings. The molecule has 2 aromatic carbocycles. The van der Waals surface area contributed by atoms with E-state index in [9.17, 15) is 9.59 Å². The maximum Gasteiger partial charge on any atom is 0.262 e. The van der Waals surface area contributed by atoms with Crippen molar-refractivity contribution in [3.05, 3.63) is 51.5 Å². The number of hydrogen-bond acceptors (Lipinski definition) is 4. The summed E-state index contributed by atoms with van der Waals surface area (Å²) in [5.41, 5.74) is 3.27. The normalized spacial score (nSPS) is 13.9. The zero-order valence-corrected chi connectivity index (χ0v) is 18.8. The molecule has 0 unspecified atom stereocenters. The quantitative estimate of drug-likeness (QED) is 0.738. The molecule has 6 nitrogen and oxygen atoms in total. The summed E-state index contributed by atoms with van der Waals surface area (Å²) in [5, 5.41) is 3.91. The number of benzene rings is 2. The average Bonchev–Trinajstić information content (AvgIpc) is 2.67. The van der Waals surface area contributed by atoms with Gasteiger partial charge in [-0.25, -0.2) is 0 Å². The molecule has 1 aliphatic heterocycles. The van der Waals surface area contributed by atoms with Crippen LogP contribution in [-0.4, -0.2) is 49.5 Å². The Bertz CT molecular complexity index is 934. The maximum absolute atomic E-state index is 12.6. The SMILES string of the molecule is CC(=O)N1CCN(c2c(Cl)cccc2NC(=O)COc2c(C)cc(C)cc2Cl)CC1. The molecule has 0 bridgehead atoms. The van der Waals surface area contributed by atoms with Crippen molar-refractivity contribution < 1.29 is 14.3 Å². The van der Waals surface area contributed by atoms with E-state index in [2.05, 4.69) is 10.2 Å². The van der Waals surface area contributed by atoms with E-state index in [0.29, 0.717) is 47.7 Å². The topological polar surface area (TPSA) is 61.9 Å². The first-order valence-corrected chi connectivity index (χ1v) is 10.5. The number of hydrogen-bond donors (Lipinski definition) is 1. The Hall–Kier alpha value is -2.44. The Morgan fingerprint density at radius 3 is 2.40 bits per heavy atom. The molecular weight excluding hydrogens is 425 g/mol. The van der Waals surface area contributed by atoms with Gasteiger partial charge in [-0.2, -0.15) is 0 Å². The van der Waals surface area contributed by atoms with Crippen LogP contribution in [0.25, 0.3) is 0 Å². The standard InChI is InChI=1S/C22H25Cl2N3O3/c1-14-11-15(2)22(18(24)12-14)30-13-20(29)25-19-6-4-5-17(23)21(19)27-9-7-26(8-10-27)16(3)28/h4-6,11-12H,7-10,13H2,1-3H3,(H,25,29). The molecule has 160 valence electrons. The lowest BCUT2D eigenvalue weighted by atomic mass is 10.1. The number of nitrogens with one attached hydrogen (secondary N) is 1. The van der Waals surface area contributed by atoms with E-state index in [1.807, 2.05) is 19.9 Å². The molecule has 1 saturated heterocycles. The zero-order valence-electron chi connectivity index (χ0n) is 17.3. The van der Waals surface area contributed by atoms with Gasteiger partial charge in [0.25, 0.3) is 5.91 Å². The molecule has 1 aliphatic rings. The van der Waals surface area contributed by atoms with Crippen LogP contribution in [0.1, 0.15) is 18.1 Å². The van der Waals surface area contributed by atoms with Crippen molar-refractivity contribution in [2.75, 3.05) is 43.0 Å². The number of amides is 2.